The number of nitriles is 1. The molecule has 0 saturated carbocycles. The number of likely N-dealkylation sites (N-methyl/N-ethyl adjacent to an activating group) is 1. The summed E-state index contributed by atoms with van der Waals surface area (Å²) < 4.78 is 14.0. The highest BCUT2D eigenvalue weighted by atomic mass is 32.1. The molecular formula is C26H34N4O3S. The zero-order valence-corrected chi connectivity index (χ0v) is 21.4. The largest absolute Gasteiger partial charge is 0.491 e. The minimum absolute atomic E-state index is 0.0535. The minimum atomic E-state index is -0.393. The molecule has 0 unspecified atom stereocenters. The Balaban J connectivity index is 1.65. The van der Waals surface area contributed by atoms with Crippen LogP contribution in [0.3, 0.4) is 0 Å². The van der Waals surface area contributed by atoms with Crippen LogP contribution in [-0.2, 0) is 16.7 Å². The second kappa shape index (κ2) is 10.4. The van der Waals surface area contributed by atoms with E-state index in [1.807, 2.05) is 4.57 Å². The predicted octanol–water partition coefficient (Wildman–Crippen LogP) is 4.11. The van der Waals surface area contributed by atoms with Crippen molar-refractivity contribution in [3.8, 4) is 11.8 Å². The first-order valence-corrected chi connectivity index (χ1v) is 12.8. The van der Waals surface area contributed by atoms with Gasteiger partial charge in [0.05, 0.1) is 29.8 Å². The molecule has 2 aliphatic heterocycles. The summed E-state index contributed by atoms with van der Waals surface area (Å²) in [4.78, 5) is 22.0. The van der Waals surface area contributed by atoms with Gasteiger partial charge in [-0.25, -0.2) is 0 Å². The number of amides is 1. The number of benzene rings is 1. The Bertz CT molecular complexity index is 1130. The predicted molar refractivity (Wildman–Crippen MR) is 132 cm³/mol. The van der Waals surface area contributed by atoms with Crippen molar-refractivity contribution in [2.75, 3.05) is 26.8 Å². The van der Waals surface area contributed by atoms with Gasteiger partial charge in [-0.3, -0.25) is 4.79 Å². The van der Waals surface area contributed by atoms with E-state index >= 15 is 0 Å². The monoisotopic (exact) mass is 482 g/mol. The van der Waals surface area contributed by atoms with Crippen molar-refractivity contribution < 1.29 is 14.3 Å². The molecule has 182 valence electrons. The molecule has 0 bridgehead atoms. The molecule has 0 aliphatic carbocycles. The Morgan fingerprint density at radius 3 is 2.79 bits per heavy atom. The van der Waals surface area contributed by atoms with Crippen LogP contribution in [-0.4, -0.2) is 54.3 Å². The maximum absolute atomic E-state index is 13.4. The van der Waals surface area contributed by atoms with Crippen LogP contribution in [0.5, 0.6) is 5.75 Å². The van der Waals surface area contributed by atoms with Gasteiger partial charge in [0.15, 0.2) is 4.80 Å². The normalized spacial score (nSPS) is 21.7. The maximum Gasteiger partial charge on any atom is 0.283 e. The molecule has 2 fully saturated rings. The number of likely N-dealkylation sites (tertiary alicyclic amines) is 1. The van der Waals surface area contributed by atoms with Crippen molar-refractivity contribution >= 4 is 17.2 Å². The molecule has 7 nitrogen and oxygen atoms in total. The molecule has 1 aromatic carbocycles. The van der Waals surface area contributed by atoms with Gasteiger partial charge in [-0.1, -0.05) is 20.8 Å². The number of hydrogen-bond donors (Lipinski definition) is 0. The third-order valence-corrected chi connectivity index (χ3v) is 7.97. The number of carbonyl (C=O) groups excluding carboxylic acids is 1. The van der Waals surface area contributed by atoms with Crippen LogP contribution in [0.25, 0.3) is 0 Å². The van der Waals surface area contributed by atoms with Gasteiger partial charge in [-0.15, -0.1) is 11.3 Å². The molecule has 2 aliphatic rings. The van der Waals surface area contributed by atoms with Crippen LogP contribution in [0.2, 0.25) is 0 Å². The Morgan fingerprint density at radius 2 is 2.15 bits per heavy atom. The standard InChI is InChI=1S/C26H34N4O3S/c1-26(2,3)23-16-30(15-20-8-6-12-32-20)25(34-23)28-24(31)21-13-18(14-27)9-10-22(21)33-17-19-7-5-11-29(19)4/h9-10,13,16,19-20H,5-8,11-12,15,17H2,1-4H3/b28-25-/t19-,20+/m0/s1. The van der Waals surface area contributed by atoms with Crippen LogP contribution < -0.4 is 9.54 Å². The van der Waals surface area contributed by atoms with Gasteiger partial charge in [-0.05, 0) is 62.9 Å². The Morgan fingerprint density at radius 1 is 1.32 bits per heavy atom. The number of rotatable bonds is 6. The number of nitrogens with zero attached hydrogens (tertiary/aromatic N) is 4. The van der Waals surface area contributed by atoms with Gasteiger partial charge in [0, 0.05) is 23.7 Å². The second-order valence-electron chi connectivity index (χ2n) is 10.2. The second-order valence-corrected chi connectivity index (χ2v) is 11.3. The maximum atomic E-state index is 13.4. The van der Waals surface area contributed by atoms with Gasteiger partial charge in [0.2, 0.25) is 0 Å². The van der Waals surface area contributed by atoms with E-state index in [2.05, 4.69) is 50.0 Å². The summed E-state index contributed by atoms with van der Waals surface area (Å²) in [6, 6.07) is 7.44. The SMILES string of the molecule is CN1CCC[C@H]1COc1ccc(C#N)cc1C(=O)/N=c1\sc(C(C)(C)C)cn1C[C@H]1CCCO1. The molecule has 34 heavy (non-hydrogen) atoms. The fourth-order valence-corrected chi connectivity index (χ4v) is 5.42. The Labute approximate surface area is 205 Å². The minimum Gasteiger partial charge on any atom is -0.491 e. The van der Waals surface area contributed by atoms with E-state index in [1.165, 1.54) is 11.3 Å². The van der Waals surface area contributed by atoms with E-state index in [4.69, 9.17) is 9.47 Å². The summed E-state index contributed by atoms with van der Waals surface area (Å²) >= 11 is 1.53. The van der Waals surface area contributed by atoms with Crippen molar-refractivity contribution in [2.45, 2.75) is 70.6 Å². The lowest BCUT2D eigenvalue weighted by Crippen LogP contribution is -2.30. The zero-order chi connectivity index (χ0) is 24.3. The lowest BCUT2D eigenvalue weighted by atomic mass is 9.95. The third kappa shape index (κ3) is 5.77. The lowest BCUT2D eigenvalue weighted by Gasteiger charge is -2.20. The molecule has 1 aromatic heterocycles. The summed E-state index contributed by atoms with van der Waals surface area (Å²) in [5, 5.41) is 9.40. The first-order valence-electron chi connectivity index (χ1n) is 12.0. The van der Waals surface area contributed by atoms with Gasteiger partial charge in [-0.2, -0.15) is 10.3 Å². The fourth-order valence-electron chi connectivity index (χ4n) is 4.37. The van der Waals surface area contributed by atoms with E-state index < -0.39 is 5.91 Å². The molecule has 0 spiro atoms. The average molecular weight is 483 g/mol. The Kier molecular flexibility index (Phi) is 7.56. The number of thiazole rings is 1. The first kappa shape index (κ1) is 24.6. The molecule has 3 heterocycles. The average Bonchev–Trinajstić information content (AvgIpc) is 3.55. The summed E-state index contributed by atoms with van der Waals surface area (Å²) in [6.07, 6.45) is 6.54. The highest BCUT2D eigenvalue weighted by Gasteiger charge is 2.24. The molecular weight excluding hydrogens is 448 g/mol. The summed E-state index contributed by atoms with van der Waals surface area (Å²) in [6.45, 7) is 9.49. The topological polar surface area (TPSA) is 79.9 Å². The number of ether oxygens (including phenoxy) is 2. The van der Waals surface area contributed by atoms with Crippen molar-refractivity contribution in [3.05, 3.63) is 45.2 Å². The molecule has 0 radical (unpaired) electrons. The highest BCUT2D eigenvalue weighted by Crippen LogP contribution is 2.26. The van der Waals surface area contributed by atoms with Crippen molar-refractivity contribution in [2.24, 2.45) is 4.99 Å². The van der Waals surface area contributed by atoms with Crippen LogP contribution in [0.1, 0.15) is 67.3 Å². The van der Waals surface area contributed by atoms with Crippen LogP contribution in [0, 0.1) is 11.3 Å². The number of carbonyl (C=O) groups is 1. The molecule has 4 rings (SSSR count). The van der Waals surface area contributed by atoms with Crippen molar-refractivity contribution in [1.29, 1.82) is 5.26 Å². The fraction of sp³-hybridized carbons (Fsp3) is 0.577. The molecule has 2 aromatic rings. The quantitative estimate of drug-likeness (QED) is 0.619. The number of aromatic nitrogens is 1. The number of hydrogen-bond acceptors (Lipinski definition) is 6. The molecule has 8 heteroatoms. The summed E-state index contributed by atoms with van der Waals surface area (Å²) in [5.41, 5.74) is 0.689. The van der Waals surface area contributed by atoms with Gasteiger partial charge >= 0.3 is 0 Å². The third-order valence-electron chi connectivity index (χ3n) is 6.52. The van der Waals surface area contributed by atoms with E-state index in [1.54, 1.807) is 18.2 Å². The highest BCUT2D eigenvalue weighted by molar-refractivity contribution is 7.09. The van der Waals surface area contributed by atoms with Gasteiger partial charge < -0.3 is 18.9 Å². The summed E-state index contributed by atoms with van der Waals surface area (Å²) in [7, 11) is 2.09. The first-order chi connectivity index (χ1) is 16.2. The van der Waals surface area contributed by atoms with Gasteiger partial charge in [0.25, 0.3) is 5.91 Å². The molecule has 2 atom stereocenters. The Hall–Kier alpha value is -2.47. The van der Waals surface area contributed by atoms with Crippen molar-refractivity contribution in [3.63, 3.8) is 0 Å². The van der Waals surface area contributed by atoms with E-state index in [0.717, 1.165) is 43.7 Å². The van der Waals surface area contributed by atoms with E-state index in [-0.39, 0.29) is 11.5 Å². The van der Waals surface area contributed by atoms with Crippen molar-refractivity contribution in [1.82, 2.24) is 9.47 Å². The molecule has 1 amide bonds. The zero-order valence-electron chi connectivity index (χ0n) is 20.5. The van der Waals surface area contributed by atoms with Crippen LogP contribution in [0.4, 0.5) is 0 Å². The van der Waals surface area contributed by atoms with Crippen LogP contribution >= 0.6 is 11.3 Å². The molecule has 0 N–H and O–H groups in total. The molecule has 2 saturated heterocycles. The van der Waals surface area contributed by atoms with E-state index in [9.17, 15) is 10.1 Å². The lowest BCUT2D eigenvalue weighted by molar-refractivity contribution is 0.0948. The van der Waals surface area contributed by atoms with Gasteiger partial charge in [0.1, 0.15) is 12.4 Å². The van der Waals surface area contributed by atoms with E-state index in [0.29, 0.717) is 40.9 Å². The smallest absolute Gasteiger partial charge is 0.283 e. The summed E-state index contributed by atoms with van der Waals surface area (Å²) in [5.74, 6) is 0.0848. The van der Waals surface area contributed by atoms with Crippen LogP contribution in [0.15, 0.2) is 29.4 Å².